The number of nitrogens with two attached hydrogens (primary N) is 1. The molecule has 1 aromatic heterocycles. The monoisotopic (exact) mass is 327 g/mol. The molecule has 7 nitrogen and oxygen atoms in total. The molecule has 1 amide bonds. The number of nitrogens with zero attached hydrogens (tertiary/aromatic N) is 4. The molecule has 0 fully saturated rings. The van der Waals surface area contributed by atoms with E-state index in [9.17, 15) is 4.79 Å². The van der Waals surface area contributed by atoms with Gasteiger partial charge in [-0.2, -0.15) is 0 Å². The first-order valence-electron chi connectivity index (χ1n) is 8.33. The first-order chi connectivity index (χ1) is 11.7. The van der Waals surface area contributed by atoms with Crippen LogP contribution in [0, 0.1) is 5.92 Å². The molecule has 1 unspecified atom stereocenters. The normalized spacial score (nSPS) is 20.2. The van der Waals surface area contributed by atoms with Crippen molar-refractivity contribution in [3.63, 3.8) is 0 Å². The number of carbonyl (C=O) groups is 1. The zero-order valence-corrected chi connectivity index (χ0v) is 13.5. The topological polar surface area (TPSA) is 86.3 Å². The fourth-order valence-electron chi connectivity index (χ4n) is 3.55. The van der Waals surface area contributed by atoms with Crippen molar-refractivity contribution < 1.29 is 9.53 Å². The van der Waals surface area contributed by atoms with E-state index in [1.165, 1.54) is 0 Å². The first-order valence-corrected chi connectivity index (χ1v) is 8.33. The maximum Gasteiger partial charge on any atom is 0.222 e. The third-order valence-electron chi connectivity index (χ3n) is 4.81. The van der Waals surface area contributed by atoms with Gasteiger partial charge in [0.2, 0.25) is 5.91 Å². The lowest BCUT2D eigenvalue weighted by Gasteiger charge is -2.34. The number of amides is 1. The molecule has 126 valence electrons. The van der Waals surface area contributed by atoms with E-state index in [0.29, 0.717) is 32.7 Å². The molecule has 3 heterocycles. The van der Waals surface area contributed by atoms with Gasteiger partial charge in [0, 0.05) is 25.2 Å². The van der Waals surface area contributed by atoms with E-state index in [0.717, 1.165) is 35.9 Å². The Morgan fingerprint density at radius 3 is 3.04 bits per heavy atom. The summed E-state index contributed by atoms with van der Waals surface area (Å²) in [6.07, 6.45) is 1.49. The summed E-state index contributed by atoms with van der Waals surface area (Å²) in [5, 5.41) is 8.68. The summed E-state index contributed by atoms with van der Waals surface area (Å²) in [6, 6.07) is 8.18. The lowest BCUT2D eigenvalue weighted by molar-refractivity contribution is -0.121. The Labute approximate surface area is 140 Å². The van der Waals surface area contributed by atoms with E-state index in [4.69, 9.17) is 10.5 Å². The predicted octanol–water partition coefficient (Wildman–Crippen LogP) is 0.515. The van der Waals surface area contributed by atoms with Gasteiger partial charge >= 0.3 is 0 Å². The number of rotatable bonds is 3. The Morgan fingerprint density at radius 1 is 1.29 bits per heavy atom. The number of carbonyl (C=O) groups excluding carboxylic acids is 1. The Hall–Kier alpha value is -2.41. The van der Waals surface area contributed by atoms with Crippen LogP contribution in [0.15, 0.2) is 24.3 Å². The van der Waals surface area contributed by atoms with Gasteiger partial charge in [-0.05, 0) is 18.1 Å². The smallest absolute Gasteiger partial charge is 0.222 e. The molecule has 0 bridgehead atoms. The molecule has 0 saturated carbocycles. The molecule has 2 aromatic rings. The number of primary amides is 1. The first kappa shape index (κ1) is 15.1. The highest BCUT2D eigenvalue weighted by molar-refractivity contribution is 5.79. The van der Waals surface area contributed by atoms with Crippen LogP contribution >= 0.6 is 0 Å². The van der Waals surface area contributed by atoms with Gasteiger partial charge in [0.05, 0.1) is 25.7 Å². The Kier molecular flexibility index (Phi) is 3.93. The molecular weight excluding hydrogens is 306 g/mol. The minimum atomic E-state index is -0.247. The van der Waals surface area contributed by atoms with Gasteiger partial charge in [-0.1, -0.05) is 18.2 Å². The molecule has 0 aliphatic carbocycles. The second-order valence-corrected chi connectivity index (χ2v) is 6.36. The minimum absolute atomic E-state index is 0.172. The van der Waals surface area contributed by atoms with Crippen molar-refractivity contribution in [3.05, 3.63) is 41.5 Å². The average Bonchev–Trinajstić information content (AvgIpc) is 2.81. The van der Waals surface area contributed by atoms with Gasteiger partial charge in [-0.15, -0.1) is 10.2 Å². The Bertz CT molecular complexity index is 757. The van der Waals surface area contributed by atoms with Gasteiger partial charge in [0.1, 0.15) is 5.82 Å². The molecule has 2 N–H and O–H groups in total. The quantitative estimate of drug-likeness (QED) is 0.888. The van der Waals surface area contributed by atoms with Crippen LogP contribution in [0.25, 0.3) is 0 Å². The summed E-state index contributed by atoms with van der Waals surface area (Å²) in [7, 11) is 0. The van der Waals surface area contributed by atoms with Crippen LogP contribution < -0.4 is 10.6 Å². The highest BCUT2D eigenvalue weighted by Crippen LogP contribution is 2.30. The molecule has 4 rings (SSSR count). The van der Waals surface area contributed by atoms with Crippen LogP contribution in [0.5, 0.6) is 0 Å². The molecule has 1 aromatic carbocycles. The van der Waals surface area contributed by atoms with E-state index in [-0.39, 0.29) is 11.8 Å². The highest BCUT2D eigenvalue weighted by atomic mass is 16.5. The zero-order valence-electron chi connectivity index (χ0n) is 13.5. The van der Waals surface area contributed by atoms with Crippen molar-refractivity contribution >= 4 is 11.6 Å². The number of ether oxygens (including phenoxy) is 1. The fraction of sp³-hybridized carbons (Fsp3) is 0.471. The number of anilines is 1. The standard InChI is InChI=1S/C17H21N5O2/c18-17(23)13-9-12-3-1-2-4-14(12)21(10-13)11-16-20-19-15-5-7-24-8-6-22(15)16/h1-4,13H,5-11H2,(H2,18,23). The van der Waals surface area contributed by atoms with Crippen LogP contribution in [0.2, 0.25) is 0 Å². The van der Waals surface area contributed by atoms with Crippen LogP contribution in [0.1, 0.15) is 17.2 Å². The van der Waals surface area contributed by atoms with E-state index < -0.39 is 0 Å². The molecule has 24 heavy (non-hydrogen) atoms. The molecule has 0 radical (unpaired) electrons. The number of hydrogen-bond donors (Lipinski definition) is 1. The molecule has 2 aliphatic rings. The van der Waals surface area contributed by atoms with Gasteiger partial charge in [0.25, 0.3) is 0 Å². The van der Waals surface area contributed by atoms with E-state index in [2.05, 4.69) is 31.8 Å². The number of para-hydroxylation sites is 1. The SMILES string of the molecule is NC(=O)C1Cc2ccccc2N(Cc2nnc3n2CCOCC3)C1. The number of hydrogen-bond acceptors (Lipinski definition) is 5. The van der Waals surface area contributed by atoms with Crippen molar-refractivity contribution in [3.8, 4) is 0 Å². The second-order valence-electron chi connectivity index (χ2n) is 6.36. The van der Waals surface area contributed by atoms with Gasteiger partial charge in [-0.3, -0.25) is 4.79 Å². The molecule has 2 aliphatic heterocycles. The van der Waals surface area contributed by atoms with Crippen molar-refractivity contribution in [1.29, 1.82) is 0 Å². The summed E-state index contributed by atoms with van der Waals surface area (Å²) < 4.78 is 7.66. The van der Waals surface area contributed by atoms with E-state index in [1.807, 2.05) is 12.1 Å². The number of aromatic nitrogens is 3. The summed E-state index contributed by atoms with van der Waals surface area (Å²) in [5.74, 6) is 1.47. The maximum atomic E-state index is 11.7. The predicted molar refractivity (Wildman–Crippen MR) is 88.4 cm³/mol. The minimum Gasteiger partial charge on any atom is -0.379 e. The van der Waals surface area contributed by atoms with Crippen LogP contribution in [-0.4, -0.2) is 40.4 Å². The van der Waals surface area contributed by atoms with Crippen LogP contribution in [-0.2, 0) is 35.5 Å². The van der Waals surface area contributed by atoms with Gasteiger partial charge in [0.15, 0.2) is 5.82 Å². The van der Waals surface area contributed by atoms with Crippen LogP contribution in [0.3, 0.4) is 0 Å². The average molecular weight is 327 g/mol. The Balaban J connectivity index is 1.64. The fourth-order valence-corrected chi connectivity index (χ4v) is 3.55. The van der Waals surface area contributed by atoms with Gasteiger partial charge < -0.3 is 19.9 Å². The molecular formula is C17H21N5O2. The third kappa shape index (κ3) is 2.75. The van der Waals surface area contributed by atoms with Gasteiger partial charge in [-0.25, -0.2) is 0 Å². The maximum absolute atomic E-state index is 11.7. The van der Waals surface area contributed by atoms with Crippen LogP contribution in [0.4, 0.5) is 5.69 Å². The molecule has 7 heteroatoms. The summed E-state index contributed by atoms with van der Waals surface area (Å²) in [5.41, 5.74) is 7.89. The lowest BCUT2D eigenvalue weighted by atomic mass is 9.92. The number of benzene rings is 1. The van der Waals surface area contributed by atoms with Crippen molar-refractivity contribution in [2.45, 2.75) is 25.9 Å². The lowest BCUT2D eigenvalue weighted by Crippen LogP contribution is -2.41. The highest BCUT2D eigenvalue weighted by Gasteiger charge is 2.29. The molecule has 1 atom stereocenters. The van der Waals surface area contributed by atoms with Crippen molar-refractivity contribution in [2.24, 2.45) is 11.7 Å². The third-order valence-corrected chi connectivity index (χ3v) is 4.81. The Morgan fingerprint density at radius 2 is 2.17 bits per heavy atom. The second kappa shape index (κ2) is 6.24. The summed E-state index contributed by atoms with van der Waals surface area (Å²) in [4.78, 5) is 13.9. The molecule has 0 spiro atoms. The van der Waals surface area contributed by atoms with Crippen molar-refractivity contribution in [1.82, 2.24) is 14.8 Å². The number of fused-ring (bicyclic) bond motifs is 2. The van der Waals surface area contributed by atoms with E-state index in [1.54, 1.807) is 0 Å². The van der Waals surface area contributed by atoms with E-state index >= 15 is 0 Å². The summed E-state index contributed by atoms with van der Waals surface area (Å²) >= 11 is 0. The summed E-state index contributed by atoms with van der Waals surface area (Å²) in [6.45, 7) is 3.37. The molecule has 0 saturated heterocycles. The van der Waals surface area contributed by atoms with Crippen molar-refractivity contribution in [2.75, 3.05) is 24.7 Å². The largest absolute Gasteiger partial charge is 0.379 e. The zero-order chi connectivity index (χ0) is 16.5.